The highest BCUT2D eigenvalue weighted by Crippen LogP contribution is 1.88. The molecule has 0 rings (SSSR count). The van der Waals surface area contributed by atoms with Crippen molar-refractivity contribution in [1.29, 1.82) is 0 Å². The van der Waals surface area contributed by atoms with Crippen LogP contribution in [0.4, 0.5) is 0 Å². The number of hydrogen-bond acceptors (Lipinski definition) is 4. The first-order chi connectivity index (χ1) is 4.16. The van der Waals surface area contributed by atoms with E-state index < -0.39 is 11.4 Å². The zero-order chi connectivity index (χ0) is 7.28. The molecule has 0 aromatic heterocycles. The minimum atomic E-state index is -2.42. The van der Waals surface area contributed by atoms with Gasteiger partial charge in [0.15, 0.2) is 0 Å². The minimum absolute atomic E-state index is 0.0760. The Morgan fingerprint density at radius 3 is 2.78 bits per heavy atom. The van der Waals surface area contributed by atoms with E-state index in [1.807, 2.05) is 6.92 Å². The molecule has 0 aliphatic carbocycles. The van der Waals surface area contributed by atoms with Gasteiger partial charge in [0, 0.05) is 6.04 Å². The van der Waals surface area contributed by atoms with Crippen LogP contribution in [0.1, 0.15) is 13.3 Å². The zero-order valence-corrected chi connectivity index (χ0v) is 6.02. The Kier molecular flexibility index (Phi) is 4.88. The molecule has 0 aliphatic rings. The molecule has 0 amide bonds. The van der Waals surface area contributed by atoms with Crippen LogP contribution in [0.5, 0.6) is 0 Å². The maximum atomic E-state index is 9.74. The van der Waals surface area contributed by atoms with Gasteiger partial charge in [0.1, 0.15) is 0 Å². The van der Waals surface area contributed by atoms with E-state index in [0.717, 1.165) is 6.42 Å². The fourth-order valence-electron chi connectivity index (χ4n) is 0.261. The summed E-state index contributed by atoms with van der Waals surface area (Å²) < 4.78 is 23.7. The van der Waals surface area contributed by atoms with Crippen molar-refractivity contribution in [3.8, 4) is 0 Å². The van der Waals surface area contributed by atoms with Crippen molar-refractivity contribution >= 4 is 11.4 Å². The second kappa shape index (κ2) is 4.87. The Hall–Kier alpha value is 0.0300. The van der Waals surface area contributed by atoms with Crippen LogP contribution in [-0.2, 0) is 15.5 Å². The number of rotatable bonds is 4. The highest BCUT2D eigenvalue weighted by molar-refractivity contribution is 7.74. The number of hydrogen-bond donors (Lipinski definition) is 1. The summed E-state index contributed by atoms with van der Waals surface area (Å²) in [6.07, 6.45) is 0.719. The molecule has 9 heavy (non-hydrogen) atoms. The Balaban J connectivity index is 3.16. The molecule has 0 radical (unpaired) electrons. The summed E-state index contributed by atoms with van der Waals surface area (Å²) in [5, 5.41) is 0. The highest BCUT2D eigenvalue weighted by Gasteiger charge is 1.96. The predicted molar refractivity (Wildman–Crippen MR) is 33.1 cm³/mol. The predicted octanol–water partition coefficient (Wildman–Crippen LogP) is -0.466. The molecular formula is C4H10NO3S-. The molecule has 0 bridgehead atoms. The Bertz CT molecular complexity index is 97.8. The summed E-state index contributed by atoms with van der Waals surface area (Å²) in [7, 11) is 0. The third kappa shape index (κ3) is 5.91. The van der Waals surface area contributed by atoms with E-state index in [1.54, 1.807) is 0 Å². The minimum Gasteiger partial charge on any atom is -0.750 e. The second-order valence-electron chi connectivity index (χ2n) is 1.66. The van der Waals surface area contributed by atoms with Gasteiger partial charge in [-0.1, -0.05) is 6.92 Å². The van der Waals surface area contributed by atoms with Gasteiger partial charge < -0.3 is 10.3 Å². The fraction of sp³-hybridized carbons (Fsp3) is 1.00. The van der Waals surface area contributed by atoms with Crippen LogP contribution in [0, 0.1) is 0 Å². The molecule has 0 saturated heterocycles. The lowest BCUT2D eigenvalue weighted by molar-refractivity contribution is 0.275. The molecule has 4 nitrogen and oxygen atoms in total. The van der Waals surface area contributed by atoms with Gasteiger partial charge in [0.05, 0.1) is 18.0 Å². The van der Waals surface area contributed by atoms with E-state index in [9.17, 15) is 8.76 Å². The van der Waals surface area contributed by atoms with Gasteiger partial charge in [-0.25, -0.2) is 4.21 Å². The largest absolute Gasteiger partial charge is 0.750 e. The molecule has 2 atom stereocenters. The van der Waals surface area contributed by atoms with E-state index in [-0.39, 0.29) is 12.6 Å². The SMILES string of the molecule is CCC(N)COS(=O)[O-]. The zero-order valence-electron chi connectivity index (χ0n) is 5.20. The standard InChI is InChI=1S/C4H11NO3S/c1-2-4(5)3-8-9(6)7/h4H,2-3,5H2,1H3,(H,6,7)/p-1. The topological polar surface area (TPSA) is 75.4 Å². The van der Waals surface area contributed by atoms with Crippen LogP contribution in [0.2, 0.25) is 0 Å². The maximum Gasteiger partial charge on any atom is 0.0842 e. The van der Waals surface area contributed by atoms with Crippen molar-refractivity contribution in [2.75, 3.05) is 6.61 Å². The smallest absolute Gasteiger partial charge is 0.0842 e. The summed E-state index contributed by atoms with van der Waals surface area (Å²) >= 11 is -2.42. The molecule has 2 unspecified atom stereocenters. The van der Waals surface area contributed by atoms with E-state index in [2.05, 4.69) is 4.18 Å². The van der Waals surface area contributed by atoms with Gasteiger partial charge in [-0.05, 0) is 6.42 Å². The summed E-state index contributed by atoms with van der Waals surface area (Å²) in [6.45, 7) is 1.94. The first-order valence-corrected chi connectivity index (χ1v) is 3.65. The van der Waals surface area contributed by atoms with Gasteiger partial charge in [-0.15, -0.1) is 0 Å². The van der Waals surface area contributed by atoms with Crippen LogP contribution in [-0.4, -0.2) is 21.4 Å². The first-order valence-electron chi connectivity index (χ1n) is 2.65. The molecule has 56 valence electrons. The van der Waals surface area contributed by atoms with Crippen LogP contribution >= 0.6 is 0 Å². The van der Waals surface area contributed by atoms with Gasteiger partial charge in [0.2, 0.25) is 0 Å². The highest BCUT2D eigenvalue weighted by atomic mass is 32.2. The summed E-state index contributed by atoms with van der Waals surface area (Å²) in [5.74, 6) is 0. The summed E-state index contributed by atoms with van der Waals surface area (Å²) in [5.41, 5.74) is 5.32. The molecule has 0 fully saturated rings. The Labute approximate surface area is 56.9 Å². The van der Waals surface area contributed by atoms with Crippen molar-refractivity contribution in [1.82, 2.24) is 0 Å². The third-order valence-corrected chi connectivity index (χ3v) is 1.23. The monoisotopic (exact) mass is 152 g/mol. The van der Waals surface area contributed by atoms with Gasteiger partial charge in [-0.3, -0.25) is 4.18 Å². The van der Waals surface area contributed by atoms with Crippen molar-refractivity contribution in [2.45, 2.75) is 19.4 Å². The molecule has 0 aliphatic heterocycles. The lowest BCUT2D eigenvalue weighted by Crippen LogP contribution is -2.25. The molecule has 0 aromatic rings. The van der Waals surface area contributed by atoms with Crippen LogP contribution < -0.4 is 5.73 Å². The van der Waals surface area contributed by atoms with Crippen molar-refractivity contribution < 1.29 is 12.9 Å². The van der Waals surface area contributed by atoms with E-state index in [4.69, 9.17) is 5.73 Å². The van der Waals surface area contributed by atoms with Gasteiger partial charge in [-0.2, -0.15) is 0 Å². The normalized spacial score (nSPS) is 17.2. The molecule has 0 saturated carbocycles. The number of nitrogens with two attached hydrogens (primary N) is 1. The van der Waals surface area contributed by atoms with Crippen molar-refractivity contribution in [3.63, 3.8) is 0 Å². The second-order valence-corrected chi connectivity index (χ2v) is 2.30. The molecular weight excluding hydrogens is 142 g/mol. The third-order valence-electron chi connectivity index (χ3n) is 0.903. The van der Waals surface area contributed by atoms with Crippen LogP contribution in [0.25, 0.3) is 0 Å². The fourth-order valence-corrected chi connectivity index (χ4v) is 0.547. The summed E-state index contributed by atoms with van der Waals surface area (Å²) in [6, 6.07) is -0.178. The van der Waals surface area contributed by atoms with E-state index in [1.165, 1.54) is 0 Å². The first kappa shape index (κ1) is 9.03. The maximum absolute atomic E-state index is 9.74. The lowest BCUT2D eigenvalue weighted by atomic mass is 10.3. The molecule has 2 N–H and O–H groups in total. The lowest BCUT2D eigenvalue weighted by Gasteiger charge is -2.09. The molecule has 0 spiro atoms. The van der Waals surface area contributed by atoms with Crippen molar-refractivity contribution in [2.24, 2.45) is 5.73 Å². The molecule has 0 heterocycles. The molecule has 0 aromatic carbocycles. The van der Waals surface area contributed by atoms with Crippen LogP contribution in [0.15, 0.2) is 0 Å². The quantitative estimate of drug-likeness (QED) is 0.553. The average Bonchev–Trinajstić information content (AvgIpc) is 1.83. The average molecular weight is 152 g/mol. The van der Waals surface area contributed by atoms with Crippen LogP contribution in [0.3, 0.4) is 0 Å². The summed E-state index contributed by atoms with van der Waals surface area (Å²) in [4.78, 5) is 0. The Morgan fingerprint density at radius 2 is 2.44 bits per heavy atom. The van der Waals surface area contributed by atoms with Crippen molar-refractivity contribution in [3.05, 3.63) is 0 Å². The van der Waals surface area contributed by atoms with E-state index in [0.29, 0.717) is 0 Å². The Morgan fingerprint density at radius 1 is 1.89 bits per heavy atom. The van der Waals surface area contributed by atoms with Gasteiger partial charge in [0.25, 0.3) is 0 Å². The van der Waals surface area contributed by atoms with Gasteiger partial charge >= 0.3 is 0 Å². The molecule has 5 heteroatoms. The van der Waals surface area contributed by atoms with E-state index >= 15 is 0 Å².